The van der Waals surface area contributed by atoms with Gasteiger partial charge in [-0.1, -0.05) is 19.1 Å². The topological polar surface area (TPSA) is 110 Å². The van der Waals surface area contributed by atoms with Gasteiger partial charge in [-0.2, -0.15) is 0 Å². The summed E-state index contributed by atoms with van der Waals surface area (Å²) >= 11 is 0. The van der Waals surface area contributed by atoms with Crippen LogP contribution < -0.4 is 14.8 Å². The number of nitrogens with one attached hydrogen (secondary N) is 2. The fourth-order valence-electron chi connectivity index (χ4n) is 2.55. The number of sulfonamides is 1. The Bertz CT molecular complexity index is 1070. The fourth-order valence-corrected chi connectivity index (χ4v) is 3.51. The van der Waals surface area contributed by atoms with Gasteiger partial charge in [0.1, 0.15) is 5.75 Å². The molecule has 0 unspecified atom stereocenters. The molecule has 8 nitrogen and oxygen atoms in total. The summed E-state index contributed by atoms with van der Waals surface area (Å²) in [6, 6.07) is 15.1. The molecule has 9 heteroatoms. The van der Waals surface area contributed by atoms with Gasteiger partial charge in [0.05, 0.1) is 17.9 Å². The average molecular weight is 426 g/mol. The molecule has 1 amide bonds. The Kier molecular flexibility index (Phi) is 6.97. The molecule has 0 saturated carbocycles. The summed E-state index contributed by atoms with van der Waals surface area (Å²) in [5, 5.41) is 2.72. The maximum absolute atomic E-state index is 12.4. The van der Waals surface area contributed by atoms with Gasteiger partial charge in [-0.05, 0) is 54.4 Å². The van der Waals surface area contributed by atoms with E-state index >= 15 is 0 Å². The Morgan fingerprint density at radius 3 is 2.30 bits per heavy atom. The Morgan fingerprint density at radius 1 is 1.00 bits per heavy atom. The van der Waals surface area contributed by atoms with Crippen LogP contribution in [0.25, 0.3) is 0 Å². The maximum atomic E-state index is 12.4. The van der Waals surface area contributed by atoms with E-state index in [1.165, 1.54) is 42.2 Å². The molecule has 0 atom stereocenters. The van der Waals surface area contributed by atoms with Crippen molar-refractivity contribution in [2.75, 3.05) is 16.6 Å². The number of ether oxygens (including phenoxy) is 1. The number of anilines is 2. The summed E-state index contributed by atoms with van der Waals surface area (Å²) in [6.07, 6.45) is 4.00. The first kappa shape index (κ1) is 21.3. The third-order valence-corrected chi connectivity index (χ3v) is 5.51. The van der Waals surface area contributed by atoms with E-state index in [9.17, 15) is 13.2 Å². The smallest absolute Gasteiger partial charge is 0.264 e. The van der Waals surface area contributed by atoms with Gasteiger partial charge in [0, 0.05) is 18.1 Å². The molecule has 1 heterocycles. The van der Waals surface area contributed by atoms with Crippen molar-refractivity contribution < 1.29 is 17.9 Å². The van der Waals surface area contributed by atoms with Crippen LogP contribution in [0.3, 0.4) is 0 Å². The summed E-state index contributed by atoms with van der Waals surface area (Å²) in [4.78, 5) is 19.8. The largest absolute Gasteiger partial charge is 0.493 e. The molecule has 0 spiro atoms. The molecule has 0 aliphatic heterocycles. The highest BCUT2D eigenvalue weighted by Crippen LogP contribution is 2.17. The highest BCUT2D eigenvalue weighted by Gasteiger charge is 2.15. The quantitative estimate of drug-likeness (QED) is 0.543. The first-order chi connectivity index (χ1) is 14.5. The number of rotatable bonds is 9. The van der Waals surface area contributed by atoms with Crippen LogP contribution in [-0.2, 0) is 21.2 Å². The number of aromatic nitrogens is 2. The zero-order valence-corrected chi connectivity index (χ0v) is 17.2. The molecule has 0 bridgehead atoms. The van der Waals surface area contributed by atoms with Crippen molar-refractivity contribution in [3.05, 3.63) is 72.6 Å². The number of aryl methyl sites for hydroxylation is 1. The van der Waals surface area contributed by atoms with Crippen LogP contribution in [0.1, 0.15) is 18.9 Å². The summed E-state index contributed by atoms with van der Waals surface area (Å²) in [6.45, 7) is 2.32. The van der Waals surface area contributed by atoms with E-state index in [0.29, 0.717) is 11.4 Å². The number of nitrogens with zero attached hydrogens (tertiary/aromatic N) is 2. The summed E-state index contributed by atoms with van der Waals surface area (Å²) in [5.41, 5.74) is 1.71. The number of carbonyl (C=O) groups excluding carboxylic acids is 1. The SMILES string of the molecule is CCc1ccc(OCCC(=O)Nc2ccc(S(=O)(=O)Nc3ncccn3)cc2)cc1. The first-order valence-corrected chi connectivity index (χ1v) is 10.9. The standard InChI is InChI=1S/C21H22N4O4S/c1-2-16-4-8-18(9-5-16)29-15-12-20(26)24-17-6-10-19(11-7-17)30(27,28)25-21-22-13-3-14-23-21/h3-11,13-14H,2,12,15H2,1H3,(H,24,26)(H,22,23,25). The van der Waals surface area contributed by atoms with E-state index in [4.69, 9.17) is 4.74 Å². The van der Waals surface area contributed by atoms with Crippen molar-refractivity contribution >= 4 is 27.6 Å². The number of benzene rings is 2. The second kappa shape index (κ2) is 9.84. The molecule has 3 rings (SSSR count). The Balaban J connectivity index is 1.50. The second-order valence-corrected chi connectivity index (χ2v) is 8.03. The van der Waals surface area contributed by atoms with Crippen LogP contribution in [0.5, 0.6) is 5.75 Å². The molecule has 2 aromatic carbocycles. The highest BCUT2D eigenvalue weighted by molar-refractivity contribution is 7.92. The summed E-state index contributed by atoms with van der Waals surface area (Å²) in [5.74, 6) is 0.468. The Hall–Kier alpha value is -3.46. The predicted molar refractivity (Wildman–Crippen MR) is 114 cm³/mol. The third kappa shape index (κ3) is 6.02. The minimum atomic E-state index is -3.82. The van der Waals surface area contributed by atoms with Crippen molar-refractivity contribution in [3.8, 4) is 5.75 Å². The number of hydrogen-bond donors (Lipinski definition) is 2. The van der Waals surface area contributed by atoms with Gasteiger partial charge < -0.3 is 10.1 Å². The molecule has 3 aromatic rings. The van der Waals surface area contributed by atoms with E-state index < -0.39 is 10.0 Å². The lowest BCUT2D eigenvalue weighted by molar-refractivity contribution is -0.116. The van der Waals surface area contributed by atoms with Gasteiger partial charge >= 0.3 is 0 Å². The van der Waals surface area contributed by atoms with Crippen molar-refractivity contribution in [1.82, 2.24) is 9.97 Å². The van der Waals surface area contributed by atoms with Gasteiger partial charge in [-0.25, -0.2) is 23.1 Å². The van der Waals surface area contributed by atoms with Crippen LogP contribution in [-0.4, -0.2) is 30.9 Å². The van der Waals surface area contributed by atoms with Crippen molar-refractivity contribution in [2.24, 2.45) is 0 Å². The Morgan fingerprint density at radius 2 is 1.67 bits per heavy atom. The molecule has 0 saturated heterocycles. The van der Waals surface area contributed by atoms with Crippen LogP contribution >= 0.6 is 0 Å². The number of carbonyl (C=O) groups is 1. The molecule has 0 aliphatic rings. The Labute approximate surface area is 175 Å². The molecule has 30 heavy (non-hydrogen) atoms. The van der Waals surface area contributed by atoms with Crippen molar-refractivity contribution in [2.45, 2.75) is 24.7 Å². The minimum absolute atomic E-state index is 0.0146. The van der Waals surface area contributed by atoms with Gasteiger partial charge in [0.2, 0.25) is 11.9 Å². The molecule has 0 aliphatic carbocycles. The van der Waals surface area contributed by atoms with E-state index in [-0.39, 0.29) is 29.8 Å². The maximum Gasteiger partial charge on any atom is 0.264 e. The van der Waals surface area contributed by atoms with Crippen LogP contribution in [0.2, 0.25) is 0 Å². The van der Waals surface area contributed by atoms with E-state index in [0.717, 1.165) is 6.42 Å². The van der Waals surface area contributed by atoms with Crippen LogP contribution in [0.15, 0.2) is 71.9 Å². The van der Waals surface area contributed by atoms with E-state index in [2.05, 4.69) is 26.9 Å². The molecular formula is C21H22N4O4S. The lowest BCUT2D eigenvalue weighted by Crippen LogP contribution is -2.16. The van der Waals surface area contributed by atoms with Gasteiger partial charge in [-0.15, -0.1) is 0 Å². The normalized spacial score (nSPS) is 11.0. The number of hydrogen-bond acceptors (Lipinski definition) is 6. The molecule has 156 valence electrons. The van der Waals surface area contributed by atoms with Crippen molar-refractivity contribution in [3.63, 3.8) is 0 Å². The summed E-state index contributed by atoms with van der Waals surface area (Å²) in [7, 11) is -3.82. The van der Waals surface area contributed by atoms with Crippen molar-refractivity contribution in [1.29, 1.82) is 0 Å². The third-order valence-electron chi connectivity index (χ3n) is 4.17. The predicted octanol–water partition coefficient (Wildman–Crippen LogP) is 3.25. The fraction of sp³-hybridized carbons (Fsp3) is 0.190. The van der Waals surface area contributed by atoms with Gasteiger partial charge in [0.25, 0.3) is 10.0 Å². The molecule has 0 radical (unpaired) electrons. The lowest BCUT2D eigenvalue weighted by atomic mass is 10.2. The molecule has 0 fully saturated rings. The zero-order chi connectivity index (χ0) is 21.4. The monoisotopic (exact) mass is 426 g/mol. The molecular weight excluding hydrogens is 404 g/mol. The zero-order valence-electron chi connectivity index (χ0n) is 16.4. The average Bonchev–Trinajstić information content (AvgIpc) is 2.75. The van der Waals surface area contributed by atoms with Gasteiger partial charge in [0.15, 0.2) is 0 Å². The second-order valence-electron chi connectivity index (χ2n) is 6.35. The van der Waals surface area contributed by atoms with Crippen LogP contribution in [0.4, 0.5) is 11.6 Å². The van der Waals surface area contributed by atoms with Gasteiger partial charge in [-0.3, -0.25) is 4.79 Å². The van der Waals surface area contributed by atoms with E-state index in [1.54, 1.807) is 6.07 Å². The number of amides is 1. The lowest BCUT2D eigenvalue weighted by Gasteiger charge is -2.09. The molecule has 2 N–H and O–H groups in total. The minimum Gasteiger partial charge on any atom is -0.493 e. The first-order valence-electron chi connectivity index (χ1n) is 9.38. The van der Waals surface area contributed by atoms with E-state index in [1.807, 2.05) is 24.3 Å². The highest BCUT2D eigenvalue weighted by atomic mass is 32.2. The molecule has 1 aromatic heterocycles. The summed E-state index contributed by atoms with van der Waals surface area (Å²) < 4.78 is 32.6. The van der Waals surface area contributed by atoms with Crippen LogP contribution in [0, 0.1) is 0 Å².